The van der Waals surface area contributed by atoms with Gasteiger partial charge in [0.2, 0.25) is 11.8 Å². The van der Waals surface area contributed by atoms with Crippen molar-refractivity contribution in [1.29, 1.82) is 0 Å². The topological polar surface area (TPSA) is 72.1 Å². The quantitative estimate of drug-likeness (QED) is 0.183. The Morgan fingerprint density at radius 2 is 1.84 bits per heavy atom. The molecule has 8 heteroatoms. The molecule has 0 saturated heterocycles. The first-order valence-electron chi connectivity index (χ1n) is 13.0. The number of rotatable bonds is 11. The number of anilines is 1. The molecule has 6 nitrogen and oxygen atoms in total. The normalized spacial score (nSPS) is 11.7. The summed E-state index contributed by atoms with van der Waals surface area (Å²) in [5.41, 5.74) is 3.73. The summed E-state index contributed by atoms with van der Waals surface area (Å²) in [6.45, 7) is 12.0. The van der Waals surface area contributed by atoms with Crippen LogP contribution in [0, 0.1) is 6.92 Å². The summed E-state index contributed by atoms with van der Waals surface area (Å²) in [6.07, 6.45) is 3.45. The van der Waals surface area contributed by atoms with Gasteiger partial charge in [0, 0.05) is 36.9 Å². The molecule has 0 saturated carbocycles. The maximum atomic E-state index is 13.3. The van der Waals surface area contributed by atoms with E-state index in [2.05, 4.69) is 33.8 Å². The van der Waals surface area contributed by atoms with Crippen LogP contribution in [0.4, 0.5) is 10.1 Å². The fourth-order valence-corrected chi connectivity index (χ4v) is 5.10. The number of aryl methyl sites for hydroxylation is 2. The standard InChI is InChI=1S/C30H35FN4O2S/c1-20(31)13-16-28(36)35(17-8-6-7-12-27-33-29(37-34-27)30(3,4)5)24-11-9-10-22(18-24)23-14-15-25-26(19-23)38-21(2)32-25/h9-11,14-15,18-19H,1,6-8,12-13,16-17H2,2-5H3. The molecule has 1 amide bonds. The molecule has 4 aromatic rings. The Balaban J connectivity index is 1.44. The van der Waals surface area contributed by atoms with E-state index in [0.717, 1.165) is 57.7 Å². The zero-order valence-corrected chi connectivity index (χ0v) is 23.4. The Hall–Kier alpha value is -3.39. The first kappa shape index (κ1) is 27.6. The second-order valence-corrected chi connectivity index (χ2v) is 11.8. The zero-order valence-electron chi connectivity index (χ0n) is 22.6. The lowest BCUT2D eigenvalue weighted by Crippen LogP contribution is -2.31. The number of allylic oxidation sites excluding steroid dienone is 1. The van der Waals surface area contributed by atoms with Crippen molar-refractivity contribution in [3.63, 3.8) is 0 Å². The predicted octanol–water partition coefficient (Wildman–Crippen LogP) is 7.96. The summed E-state index contributed by atoms with van der Waals surface area (Å²) >= 11 is 1.67. The average Bonchev–Trinajstić information content (AvgIpc) is 3.50. The smallest absolute Gasteiger partial charge is 0.232 e. The third-order valence-corrected chi connectivity index (χ3v) is 7.22. The molecule has 0 aliphatic rings. The van der Waals surface area contributed by atoms with Gasteiger partial charge in [-0.15, -0.1) is 11.3 Å². The summed E-state index contributed by atoms with van der Waals surface area (Å²) in [5, 5.41) is 5.13. The molecule has 2 heterocycles. The third kappa shape index (κ3) is 7.13. The highest BCUT2D eigenvalue weighted by Crippen LogP contribution is 2.31. The summed E-state index contributed by atoms with van der Waals surface area (Å²) < 4.78 is 19.9. The summed E-state index contributed by atoms with van der Waals surface area (Å²) in [7, 11) is 0. The highest BCUT2D eigenvalue weighted by Gasteiger charge is 2.21. The number of hydrogen-bond donors (Lipinski definition) is 0. The first-order chi connectivity index (χ1) is 18.1. The molecule has 200 valence electrons. The van der Waals surface area contributed by atoms with E-state index in [1.54, 1.807) is 16.2 Å². The number of carbonyl (C=O) groups excluding carboxylic acids is 1. The number of nitrogens with zero attached hydrogens (tertiary/aromatic N) is 4. The largest absolute Gasteiger partial charge is 0.339 e. The maximum absolute atomic E-state index is 13.3. The van der Waals surface area contributed by atoms with Crippen LogP contribution in [0.3, 0.4) is 0 Å². The van der Waals surface area contributed by atoms with Gasteiger partial charge in [0.25, 0.3) is 0 Å². The number of unbranched alkanes of at least 4 members (excludes halogenated alkanes) is 2. The molecule has 0 N–H and O–H groups in total. The fourth-order valence-electron chi connectivity index (χ4n) is 4.24. The van der Waals surface area contributed by atoms with Crippen LogP contribution in [0.25, 0.3) is 21.3 Å². The van der Waals surface area contributed by atoms with Gasteiger partial charge >= 0.3 is 0 Å². The lowest BCUT2D eigenvalue weighted by atomic mass is 9.97. The zero-order chi connectivity index (χ0) is 27.3. The monoisotopic (exact) mass is 534 g/mol. The van der Waals surface area contributed by atoms with Gasteiger partial charge in [0.05, 0.1) is 21.1 Å². The van der Waals surface area contributed by atoms with E-state index in [9.17, 15) is 9.18 Å². The second kappa shape index (κ2) is 12.0. The van der Waals surface area contributed by atoms with E-state index in [1.807, 2.05) is 58.0 Å². The second-order valence-electron chi connectivity index (χ2n) is 10.6. The Bertz CT molecular complexity index is 1420. The molecule has 2 aromatic heterocycles. The Morgan fingerprint density at radius 1 is 1.05 bits per heavy atom. The minimum absolute atomic E-state index is 0.0321. The molecule has 0 radical (unpaired) electrons. The number of aromatic nitrogens is 3. The van der Waals surface area contributed by atoms with Crippen LogP contribution >= 0.6 is 11.3 Å². The molecular formula is C30H35FN4O2S. The van der Waals surface area contributed by atoms with Gasteiger partial charge < -0.3 is 9.42 Å². The van der Waals surface area contributed by atoms with Crippen LogP contribution in [0.1, 0.15) is 69.6 Å². The molecule has 0 aliphatic heterocycles. The molecule has 0 aliphatic carbocycles. The van der Waals surface area contributed by atoms with Gasteiger partial charge in [-0.1, -0.05) is 57.1 Å². The van der Waals surface area contributed by atoms with Crippen LogP contribution in [0.2, 0.25) is 0 Å². The molecule has 38 heavy (non-hydrogen) atoms. The maximum Gasteiger partial charge on any atom is 0.232 e. The van der Waals surface area contributed by atoms with Gasteiger partial charge in [0.15, 0.2) is 5.82 Å². The van der Waals surface area contributed by atoms with E-state index in [4.69, 9.17) is 4.52 Å². The summed E-state index contributed by atoms with van der Waals surface area (Å²) in [5.74, 6) is 0.769. The van der Waals surface area contributed by atoms with E-state index < -0.39 is 5.83 Å². The van der Waals surface area contributed by atoms with E-state index in [0.29, 0.717) is 18.3 Å². The number of fused-ring (bicyclic) bond motifs is 1. The highest BCUT2D eigenvalue weighted by atomic mass is 32.1. The molecular weight excluding hydrogens is 499 g/mol. The molecule has 0 spiro atoms. The molecule has 0 fully saturated rings. The molecule has 4 rings (SSSR count). The van der Waals surface area contributed by atoms with E-state index in [1.165, 1.54) is 0 Å². The van der Waals surface area contributed by atoms with Crippen LogP contribution < -0.4 is 4.90 Å². The van der Waals surface area contributed by atoms with E-state index >= 15 is 0 Å². The molecule has 2 aromatic carbocycles. The highest BCUT2D eigenvalue weighted by molar-refractivity contribution is 7.18. The minimum Gasteiger partial charge on any atom is -0.339 e. The number of hydrogen-bond acceptors (Lipinski definition) is 6. The number of amides is 1. The van der Waals surface area contributed by atoms with Crippen molar-refractivity contribution in [2.45, 2.75) is 71.6 Å². The van der Waals surface area contributed by atoms with Crippen molar-refractivity contribution in [3.05, 3.63) is 71.6 Å². The summed E-state index contributed by atoms with van der Waals surface area (Å²) in [4.78, 5) is 24.0. The minimum atomic E-state index is -0.477. The van der Waals surface area contributed by atoms with Crippen LogP contribution in [-0.2, 0) is 16.6 Å². The van der Waals surface area contributed by atoms with Crippen molar-refractivity contribution in [3.8, 4) is 11.1 Å². The third-order valence-electron chi connectivity index (χ3n) is 6.29. The lowest BCUT2D eigenvalue weighted by molar-refractivity contribution is -0.118. The molecule has 0 atom stereocenters. The van der Waals surface area contributed by atoms with Crippen LogP contribution in [0.15, 0.2) is 59.4 Å². The van der Waals surface area contributed by atoms with Gasteiger partial charge in [0.1, 0.15) is 0 Å². The van der Waals surface area contributed by atoms with E-state index in [-0.39, 0.29) is 24.2 Å². The first-order valence-corrected chi connectivity index (χ1v) is 13.9. The number of halogens is 1. The Labute approximate surface area is 227 Å². The molecule has 0 unspecified atom stereocenters. The number of benzene rings is 2. The Kier molecular flexibility index (Phi) is 8.72. The van der Waals surface area contributed by atoms with Gasteiger partial charge in [-0.3, -0.25) is 4.79 Å². The SMILES string of the molecule is C=C(F)CCC(=O)N(CCCCCc1noc(C(C)(C)C)n1)c1cccc(-c2ccc3nc(C)sc3c2)c1. The van der Waals surface area contributed by atoms with Gasteiger partial charge in [-0.05, 0) is 55.2 Å². The van der Waals surface area contributed by atoms with Crippen molar-refractivity contribution >= 4 is 33.1 Å². The fraction of sp³-hybridized carbons (Fsp3) is 0.400. The van der Waals surface area contributed by atoms with Gasteiger partial charge in [-0.25, -0.2) is 9.37 Å². The van der Waals surface area contributed by atoms with Gasteiger partial charge in [-0.2, -0.15) is 4.98 Å². The average molecular weight is 535 g/mol. The van der Waals surface area contributed by atoms with Crippen molar-refractivity contribution < 1.29 is 13.7 Å². The predicted molar refractivity (Wildman–Crippen MR) is 152 cm³/mol. The number of carbonyl (C=O) groups is 1. The summed E-state index contributed by atoms with van der Waals surface area (Å²) in [6, 6.07) is 14.2. The molecule has 0 bridgehead atoms. The van der Waals surface area contributed by atoms with Crippen molar-refractivity contribution in [2.24, 2.45) is 0 Å². The lowest BCUT2D eigenvalue weighted by Gasteiger charge is -2.23. The Morgan fingerprint density at radius 3 is 2.58 bits per heavy atom. The number of thiazole rings is 1. The van der Waals surface area contributed by atoms with Crippen LogP contribution in [0.5, 0.6) is 0 Å². The van der Waals surface area contributed by atoms with Crippen molar-refractivity contribution in [2.75, 3.05) is 11.4 Å². The van der Waals surface area contributed by atoms with Crippen molar-refractivity contribution in [1.82, 2.24) is 15.1 Å². The van der Waals surface area contributed by atoms with Crippen LogP contribution in [-0.4, -0.2) is 27.6 Å².